The van der Waals surface area contributed by atoms with Gasteiger partial charge in [-0.05, 0) is 12.1 Å². The summed E-state index contributed by atoms with van der Waals surface area (Å²) in [6, 6.07) is 4.53. The summed E-state index contributed by atoms with van der Waals surface area (Å²) in [4.78, 5) is 30.2. The first-order valence-electron chi connectivity index (χ1n) is 7.41. The van der Waals surface area contributed by atoms with Gasteiger partial charge in [0.15, 0.2) is 17.3 Å². The Morgan fingerprint density at radius 1 is 1.08 bits per heavy atom. The molecule has 0 saturated heterocycles. The van der Waals surface area contributed by atoms with Crippen molar-refractivity contribution in [3.63, 3.8) is 0 Å². The van der Waals surface area contributed by atoms with Crippen molar-refractivity contribution >= 4 is 18.1 Å². The number of carbonyl (C=O) groups excluding carboxylic acids is 1. The maximum absolute atomic E-state index is 12.0. The third-order valence-corrected chi connectivity index (χ3v) is 2.92. The number of rotatable bonds is 7. The average molecular weight is 361 g/mol. The molecule has 2 rings (SSSR count). The Balaban J connectivity index is 2.40. The van der Waals surface area contributed by atoms with Crippen molar-refractivity contribution in [1.82, 2.24) is 19.9 Å². The highest BCUT2D eigenvalue weighted by atomic mass is 16.5. The number of aliphatic imine (C=N–C) groups is 1. The number of ether oxygens (including phenoxy) is 4. The number of esters is 1. The van der Waals surface area contributed by atoms with Gasteiger partial charge in [0.25, 0.3) is 0 Å². The number of pyridine rings is 1. The van der Waals surface area contributed by atoms with E-state index in [0.29, 0.717) is 5.82 Å². The Morgan fingerprint density at radius 3 is 2.27 bits per heavy atom. The van der Waals surface area contributed by atoms with E-state index in [1.807, 2.05) is 14.1 Å². The molecule has 0 unspecified atom stereocenters. The van der Waals surface area contributed by atoms with Crippen LogP contribution in [-0.4, -0.2) is 67.6 Å². The molecule has 10 nitrogen and oxygen atoms in total. The van der Waals surface area contributed by atoms with Crippen LogP contribution in [-0.2, 0) is 4.74 Å². The summed E-state index contributed by atoms with van der Waals surface area (Å²) < 4.78 is 20.5. The van der Waals surface area contributed by atoms with Crippen molar-refractivity contribution in [2.45, 2.75) is 0 Å². The molecule has 0 N–H and O–H groups in total. The predicted octanol–water partition coefficient (Wildman–Crippen LogP) is 1.69. The topological polar surface area (TPSA) is 108 Å². The van der Waals surface area contributed by atoms with Crippen molar-refractivity contribution in [3.8, 4) is 23.5 Å². The molecule has 26 heavy (non-hydrogen) atoms. The van der Waals surface area contributed by atoms with E-state index in [9.17, 15) is 4.79 Å². The molecule has 0 aliphatic carbocycles. The molecule has 0 aliphatic rings. The van der Waals surface area contributed by atoms with Crippen LogP contribution in [0.4, 0.5) is 5.82 Å². The summed E-state index contributed by atoms with van der Waals surface area (Å²) in [5, 5.41) is 0. The number of methoxy groups -OCH3 is 3. The molecule has 0 radical (unpaired) electrons. The zero-order valence-corrected chi connectivity index (χ0v) is 15.1. The molecule has 2 heterocycles. The standard InChI is InChI=1S/C16H19N5O5/c1-21(2)9-17-11-7-6-10(14(18-11)15(22)25-5)26-16-19-12(23-3)8-13(20-16)24-4/h6-9H,1-5H3/b17-9+. The summed E-state index contributed by atoms with van der Waals surface area (Å²) in [5.41, 5.74) is -0.0636. The number of hydrogen-bond acceptors (Lipinski definition) is 9. The lowest BCUT2D eigenvalue weighted by molar-refractivity contribution is 0.0591. The molecule has 0 atom stereocenters. The van der Waals surface area contributed by atoms with E-state index in [4.69, 9.17) is 18.9 Å². The second-order valence-electron chi connectivity index (χ2n) is 5.05. The predicted molar refractivity (Wildman–Crippen MR) is 92.6 cm³/mol. The third kappa shape index (κ3) is 4.79. The highest BCUT2D eigenvalue weighted by Crippen LogP contribution is 2.27. The molecule has 0 spiro atoms. The highest BCUT2D eigenvalue weighted by Gasteiger charge is 2.18. The minimum absolute atomic E-state index is 0.0636. The fourth-order valence-corrected chi connectivity index (χ4v) is 1.74. The third-order valence-electron chi connectivity index (χ3n) is 2.92. The van der Waals surface area contributed by atoms with E-state index >= 15 is 0 Å². The second kappa shape index (κ2) is 8.60. The van der Waals surface area contributed by atoms with Crippen LogP contribution in [0.25, 0.3) is 0 Å². The molecular weight excluding hydrogens is 342 g/mol. The Bertz CT molecular complexity index is 787. The second-order valence-corrected chi connectivity index (χ2v) is 5.05. The quantitative estimate of drug-likeness (QED) is 0.413. The maximum atomic E-state index is 12.0. The summed E-state index contributed by atoms with van der Waals surface area (Å²) in [6.07, 6.45) is 1.56. The Hall–Kier alpha value is -3.43. The van der Waals surface area contributed by atoms with E-state index in [-0.39, 0.29) is 29.2 Å². The van der Waals surface area contributed by atoms with Crippen LogP contribution in [0, 0.1) is 0 Å². The summed E-state index contributed by atoms with van der Waals surface area (Å²) >= 11 is 0. The van der Waals surface area contributed by atoms with Crippen molar-refractivity contribution in [1.29, 1.82) is 0 Å². The van der Waals surface area contributed by atoms with Gasteiger partial charge in [0, 0.05) is 14.1 Å². The van der Waals surface area contributed by atoms with Gasteiger partial charge < -0.3 is 23.8 Å². The van der Waals surface area contributed by atoms with Crippen LogP contribution in [0.5, 0.6) is 23.5 Å². The molecule has 138 valence electrons. The van der Waals surface area contributed by atoms with E-state index in [0.717, 1.165) is 0 Å². The van der Waals surface area contributed by atoms with Crippen LogP contribution in [0.3, 0.4) is 0 Å². The Labute approximate surface area is 150 Å². The molecule has 10 heteroatoms. The fraction of sp³-hybridized carbons (Fsp3) is 0.312. The molecule has 0 aliphatic heterocycles. The van der Waals surface area contributed by atoms with Crippen molar-refractivity contribution < 1.29 is 23.7 Å². The van der Waals surface area contributed by atoms with Crippen LogP contribution >= 0.6 is 0 Å². The van der Waals surface area contributed by atoms with Crippen LogP contribution < -0.4 is 14.2 Å². The normalized spacial score (nSPS) is 10.5. The SMILES string of the molecule is COC(=O)c1nc(/N=C/N(C)C)ccc1Oc1nc(OC)cc(OC)n1. The van der Waals surface area contributed by atoms with Gasteiger partial charge >= 0.3 is 12.0 Å². The van der Waals surface area contributed by atoms with Crippen molar-refractivity contribution in [3.05, 3.63) is 23.9 Å². The summed E-state index contributed by atoms with van der Waals surface area (Å²) in [5.74, 6) is 0.224. The maximum Gasteiger partial charge on any atom is 0.360 e. The van der Waals surface area contributed by atoms with E-state index in [1.54, 1.807) is 17.3 Å². The number of nitrogens with zero attached hydrogens (tertiary/aromatic N) is 5. The molecule has 0 bridgehead atoms. The lowest BCUT2D eigenvalue weighted by atomic mass is 10.3. The molecule has 2 aromatic rings. The van der Waals surface area contributed by atoms with Crippen molar-refractivity contribution in [2.24, 2.45) is 4.99 Å². The minimum atomic E-state index is -0.684. The van der Waals surface area contributed by atoms with Gasteiger partial charge in [-0.3, -0.25) is 0 Å². The monoisotopic (exact) mass is 361 g/mol. The van der Waals surface area contributed by atoms with Gasteiger partial charge in [0.05, 0.1) is 33.7 Å². The Kier molecular flexibility index (Phi) is 6.25. The molecule has 0 aromatic carbocycles. The minimum Gasteiger partial charge on any atom is -0.481 e. The number of hydrogen-bond donors (Lipinski definition) is 0. The molecule has 0 fully saturated rings. The summed E-state index contributed by atoms with van der Waals surface area (Å²) in [6.45, 7) is 0. The van der Waals surface area contributed by atoms with Crippen molar-refractivity contribution in [2.75, 3.05) is 35.4 Å². The average Bonchev–Trinajstić information content (AvgIpc) is 2.66. The van der Waals surface area contributed by atoms with E-state index < -0.39 is 5.97 Å². The smallest absolute Gasteiger partial charge is 0.360 e. The molecule has 0 amide bonds. The van der Waals surface area contributed by atoms with Crippen LogP contribution in [0.2, 0.25) is 0 Å². The van der Waals surface area contributed by atoms with Gasteiger partial charge in [-0.15, -0.1) is 0 Å². The van der Waals surface area contributed by atoms with Gasteiger partial charge in [-0.2, -0.15) is 9.97 Å². The van der Waals surface area contributed by atoms with Gasteiger partial charge in [0.1, 0.15) is 0 Å². The summed E-state index contributed by atoms with van der Waals surface area (Å²) in [7, 11) is 7.77. The lowest BCUT2D eigenvalue weighted by Gasteiger charge is -2.10. The largest absolute Gasteiger partial charge is 0.481 e. The molecule has 0 saturated carbocycles. The zero-order valence-electron chi connectivity index (χ0n) is 15.1. The molecular formula is C16H19N5O5. The fourth-order valence-electron chi connectivity index (χ4n) is 1.74. The highest BCUT2D eigenvalue weighted by molar-refractivity contribution is 5.90. The molecule has 2 aromatic heterocycles. The van der Waals surface area contributed by atoms with Gasteiger partial charge in [0.2, 0.25) is 11.8 Å². The first-order chi connectivity index (χ1) is 12.5. The van der Waals surface area contributed by atoms with Crippen LogP contribution in [0.15, 0.2) is 23.2 Å². The van der Waals surface area contributed by atoms with Gasteiger partial charge in [-0.1, -0.05) is 0 Å². The lowest BCUT2D eigenvalue weighted by Crippen LogP contribution is -2.09. The first kappa shape index (κ1) is 18.9. The number of carbonyl (C=O) groups is 1. The van der Waals surface area contributed by atoms with E-state index in [1.165, 1.54) is 33.5 Å². The van der Waals surface area contributed by atoms with Crippen LogP contribution in [0.1, 0.15) is 10.5 Å². The Morgan fingerprint density at radius 2 is 1.73 bits per heavy atom. The number of aromatic nitrogens is 3. The van der Waals surface area contributed by atoms with E-state index in [2.05, 4.69) is 19.9 Å². The van der Waals surface area contributed by atoms with Gasteiger partial charge in [-0.25, -0.2) is 14.8 Å². The zero-order chi connectivity index (χ0) is 19.1. The first-order valence-corrected chi connectivity index (χ1v) is 7.41.